The molecule has 6 nitrogen and oxygen atoms in total. The molecule has 0 saturated carbocycles. The molecule has 1 aliphatic heterocycles. The first-order chi connectivity index (χ1) is 12.7. The molecule has 136 valence electrons. The number of benzene rings is 1. The van der Waals surface area contributed by atoms with Crippen LogP contribution in [0.15, 0.2) is 30.6 Å². The number of carbonyl (C=O) groups is 1. The second-order valence-corrected chi connectivity index (χ2v) is 6.86. The molecule has 2 amide bonds. The van der Waals surface area contributed by atoms with Crippen molar-refractivity contribution in [2.45, 2.75) is 38.3 Å². The van der Waals surface area contributed by atoms with E-state index in [1.165, 1.54) is 23.4 Å². The van der Waals surface area contributed by atoms with Gasteiger partial charge >= 0.3 is 6.03 Å². The topological polar surface area (TPSA) is 70.2 Å². The lowest BCUT2D eigenvalue weighted by atomic mass is 10.2. The standard InChI is InChI=1S/C19H22FN5O/c20-14-4-1-3-13(9-14)10-21-19(26)24-15-7-8-25(11-15)18-16-5-2-6-17(16)22-12-23-18/h1,3-4,9,12,15H,2,5-8,10-11H2,(H2,21,24,26). The van der Waals surface area contributed by atoms with E-state index in [9.17, 15) is 9.18 Å². The van der Waals surface area contributed by atoms with Crippen LogP contribution < -0.4 is 15.5 Å². The van der Waals surface area contributed by atoms with Gasteiger partial charge in [-0.05, 0) is 43.4 Å². The second-order valence-electron chi connectivity index (χ2n) is 6.86. The largest absolute Gasteiger partial charge is 0.354 e. The van der Waals surface area contributed by atoms with E-state index in [1.807, 2.05) is 0 Å². The van der Waals surface area contributed by atoms with Crippen LogP contribution in [0.2, 0.25) is 0 Å². The van der Waals surface area contributed by atoms with E-state index in [2.05, 4.69) is 25.5 Å². The summed E-state index contributed by atoms with van der Waals surface area (Å²) in [6.45, 7) is 1.93. The van der Waals surface area contributed by atoms with E-state index in [4.69, 9.17) is 0 Å². The molecule has 1 unspecified atom stereocenters. The summed E-state index contributed by atoms with van der Waals surface area (Å²) < 4.78 is 13.2. The van der Waals surface area contributed by atoms with Crippen molar-refractivity contribution >= 4 is 11.8 Å². The Morgan fingerprint density at radius 3 is 3.12 bits per heavy atom. The van der Waals surface area contributed by atoms with E-state index < -0.39 is 0 Å². The lowest BCUT2D eigenvalue weighted by Crippen LogP contribution is -2.43. The minimum Gasteiger partial charge on any atom is -0.354 e. The van der Waals surface area contributed by atoms with E-state index in [0.29, 0.717) is 6.54 Å². The molecule has 2 heterocycles. The molecule has 1 aromatic carbocycles. The Hall–Kier alpha value is -2.70. The van der Waals surface area contributed by atoms with Gasteiger partial charge in [-0.1, -0.05) is 12.1 Å². The van der Waals surface area contributed by atoms with Crippen LogP contribution in [0.3, 0.4) is 0 Å². The second kappa shape index (κ2) is 7.27. The number of hydrogen-bond acceptors (Lipinski definition) is 4. The van der Waals surface area contributed by atoms with Crippen LogP contribution >= 0.6 is 0 Å². The van der Waals surface area contributed by atoms with Gasteiger partial charge in [-0.25, -0.2) is 19.2 Å². The molecule has 2 aliphatic rings. The van der Waals surface area contributed by atoms with E-state index in [1.54, 1.807) is 18.5 Å². The van der Waals surface area contributed by atoms with Gasteiger partial charge in [-0.15, -0.1) is 0 Å². The number of amides is 2. The lowest BCUT2D eigenvalue weighted by molar-refractivity contribution is 0.237. The summed E-state index contributed by atoms with van der Waals surface area (Å²) in [6.07, 6.45) is 5.73. The molecule has 1 saturated heterocycles. The maximum atomic E-state index is 13.2. The molecule has 4 rings (SSSR count). The van der Waals surface area contributed by atoms with Crippen LogP contribution in [0.25, 0.3) is 0 Å². The number of aromatic nitrogens is 2. The summed E-state index contributed by atoms with van der Waals surface area (Å²) in [5.41, 5.74) is 3.17. The maximum absolute atomic E-state index is 13.2. The Kier molecular flexibility index (Phi) is 4.69. The maximum Gasteiger partial charge on any atom is 0.315 e. The Labute approximate surface area is 151 Å². The minimum absolute atomic E-state index is 0.0783. The van der Waals surface area contributed by atoms with Crippen LogP contribution in [0.4, 0.5) is 15.0 Å². The predicted molar refractivity (Wildman–Crippen MR) is 96.4 cm³/mol. The molecule has 1 aromatic heterocycles. The van der Waals surface area contributed by atoms with Crippen molar-refractivity contribution in [3.63, 3.8) is 0 Å². The van der Waals surface area contributed by atoms with Crippen molar-refractivity contribution in [3.8, 4) is 0 Å². The third kappa shape index (κ3) is 3.61. The first-order valence-electron chi connectivity index (χ1n) is 9.05. The summed E-state index contributed by atoms with van der Waals surface area (Å²) in [5.74, 6) is 0.727. The van der Waals surface area contributed by atoms with Gasteiger partial charge in [-0.3, -0.25) is 0 Å². The van der Waals surface area contributed by atoms with Crippen molar-refractivity contribution in [2.24, 2.45) is 0 Å². The highest BCUT2D eigenvalue weighted by Gasteiger charge is 2.28. The Morgan fingerprint density at radius 2 is 2.23 bits per heavy atom. The van der Waals surface area contributed by atoms with Crippen LogP contribution in [0.1, 0.15) is 29.7 Å². The van der Waals surface area contributed by atoms with E-state index >= 15 is 0 Å². The monoisotopic (exact) mass is 355 g/mol. The number of urea groups is 1. The van der Waals surface area contributed by atoms with Crippen LogP contribution in [0, 0.1) is 5.82 Å². The molecule has 1 atom stereocenters. The summed E-state index contributed by atoms with van der Waals surface area (Å²) >= 11 is 0. The number of fused-ring (bicyclic) bond motifs is 1. The zero-order chi connectivity index (χ0) is 17.9. The quantitative estimate of drug-likeness (QED) is 0.882. The lowest BCUT2D eigenvalue weighted by Gasteiger charge is -2.20. The van der Waals surface area contributed by atoms with Gasteiger partial charge in [0.2, 0.25) is 0 Å². The highest BCUT2D eigenvalue weighted by atomic mass is 19.1. The van der Waals surface area contributed by atoms with Crippen molar-refractivity contribution in [2.75, 3.05) is 18.0 Å². The molecule has 1 aliphatic carbocycles. The van der Waals surface area contributed by atoms with Gasteiger partial charge in [0.25, 0.3) is 0 Å². The first kappa shape index (κ1) is 16.8. The Bertz CT molecular complexity index is 812. The normalized spacial score (nSPS) is 18.7. The summed E-state index contributed by atoms with van der Waals surface area (Å²) in [5, 5.41) is 5.79. The smallest absolute Gasteiger partial charge is 0.315 e. The van der Waals surface area contributed by atoms with E-state index in [0.717, 1.165) is 50.2 Å². The number of nitrogens with one attached hydrogen (secondary N) is 2. The van der Waals surface area contributed by atoms with Crippen molar-refractivity contribution in [1.82, 2.24) is 20.6 Å². The fourth-order valence-electron chi connectivity index (χ4n) is 3.75. The highest BCUT2D eigenvalue weighted by molar-refractivity contribution is 5.74. The molecule has 2 N–H and O–H groups in total. The summed E-state index contributed by atoms with van der Waals surface area (Å²) in [4.78, 5) is 23.2. The predicted octanol–water partition coefficient (Wildman–Crippen LogP) is 2.18. The van der Waals surface area contributed by atoms with Crippen LogP contribution in [-0.4, -0.2) is 35.1 Å². The summed E-state index contributed by atoms with van der Waals surface area (Å²) in [6, 6.07) is 6.09. The molecular weight excluding hydrogens is 333 g/mol. The van der Waals surface area contributed by atoms with Gasteiger partial charge in [0.05, 0.1) is 0 Å². The fourth-order valence-corrected chi connectivity index (χ4v) is 3.75. The zero-order valence-corrected chi connectivity index (χ0v) is 14.5. The first-order valence-corrected chi connectivity index (χ1v) is 9.05. The number of hydrogen-bond donors (Lipinski definition) is 2. The Balaban J connectivity index is 1.30. The number of aryl methyl sites for hydroxylation is 1. The summed E-state index contributed by atoms with van der Waals surface area (Å²) in [7, 11) is 0. The number of rotatable bonds is 4. The van der Waals surface area contributed by atoms with Gasteiger partial charge in [0.1, 0.15) is 18.0 Å². The number of carbonyl (C=O) groups excluding carboxylic acids is 1. The molecule has 7 heteroatoms. The van der Waals surface area contributed by atoms with Crippen molar-refractivity contribution in [3.05, 3.63) is 53.2 Å². The highest BCUT2D eigenvalue weighted by Crippen LogP contribution is 2.29. The molecule has 1 fully saturated rings. The molecular formula is C19H22FN5O. The van der Waals surface area contributed by atoms with Crippen molar-refractivity contribution < 1.29 is 9.18 Å². The van der Waals surface area contributed by atoms with Gasteiger partial charge in [0, 0.05) is 36.9 Å². The molecule has 0 radical (unpaired) electrons. The number of halogens is 1. The third-order valence-corrected chi connectivity index (χ3v) is 5.02. The number of anilines is 1. The van der Waals surface area contributed by atoms with Crippen molar-refractivity contribution in [1.29, 1.82) is 0 Å². The number of nitrogens with zero attached hydrogens (tertiary/aromatic N) is 3. The SMILES string of the molecule is O=C(NCc1cccc(F)c1)NC1CCN(c2ncnc3c2CCC3)C1. The zero-order valence-electron chi connectivity index (χ0n) is 14.5. The van der Waals surface area contributed by atoms with Crippen LogP contribution in [-0.2, 0) is 19.4 Å². The molecule has 2 aromatic rings. The van der Waals surface area contributed by atoms with Gasteiger partial charge < -0.3 is 15.5 Å². The Morgan fingerprint density at radius 1 is 1.31 bits per heavy atom. The van der Waals surface area contributed by atoms with Gasteiger partial charge in [-0.2, -0.15) is 0 Å². The fraction of sp³-hybridized carbons (Fsp3) is 0.421. The van der Waals surface area contributed by atoms with Crippen LogP contribution in [0.5, 0.6) is 0 Å². The molecule has 0 bridgehead atoms. The molecule has 0 spiro atoms. The molecule has 26 heavy (non-hydrogen) atoms. The van der Waals surface area contributed by atoms with E-state index in [-0.39, 0.29) is 17.9 Å². The van der Waals surface area contributed by atoms with Gasteiger partial charge in [0.15, 0.2) is 0 Å². The minimum atomic E-state index is -0.298. The average molecular weight is 355 g/mol. The third-order valence-electron chi connectivity index (χ3n) is 5.02. The average Bonchev–Trinajstić information content (AvgIpc) is 3.29.